The van der Waals surface area contributed by atoms with E-state index >= 15 is 0 Å². The monoisotopic (exact) mass is 217 g/mol. The molecule has 0 unspecified atom stereocenters. The number of hydrogen-bond acceptors (Lipinski definition) is 1. The largest absolute Gasteiger partial charge is 0.456 e. The summed E-state index contributed by atoms with van der Waals surface area (Å²) in [4.78, 5) is 0. The fourth-order valence-electron chi connectivity index (χ4n) is 1.21. The first-order chi connectivity index (χ1) is 7.25. The summed E-state index contributed by atoms with van der Waals surface area (Å²) in [6.07, 6.45) is 0. The summed E-state index contributed by atoms with van der Waals surface area (Å²) in [6, 6.07) is 14.9. The molecule has 2 aromatic rings. The molecule has 15 heavy (non-hydrogen) atoms. The molecule has 0 aliphatic carbocycles. The Morgan fingerprint density at radius 3 is 2.27 bits per heavy atom. The van der Waals surface area contributed by atoms with E-state index in [4.69, 9.17) is 16.3 Å². The standard InChI is InChI=1S/C13H10ClO/c1-10-6-8-11(9-7-10)15-13-5-3-2-4-12(13)14/h2-9H,1H2. The maximum atomic E-state index is 5.97. The molecular weight excluding hydrogens is 208 g/mol. The van der Waals surface area contributed by atoms with Gasteiger partial charge in [-0.15, -0.1) is 0 Å². The molecule has 0 aliphatic rings. The predicted molar refractivity (Wildman–Crippen MR) is 62.4 cm³/mol. The minimum Gasteiger partial charge on any atom is -0.456 e. The summed E-state index contributed by atoms with van der Waals surface area (Å²) < 4.78 is 5.60. The highest BCUT2D eigenvalue weighted by molar-refractivity contribution is 6.32. The minimum atomic E-state index is 0.608. The van der Waals surface area contributed by atoms with Crippen LogP contribution in [-0.4, -0.2) is 0 Å². The smallest absolute Gasteiger partial charge is 0.146 e. The summed E-state index contributed by atoms with van der Waals surface area (Å²) in [5, 5.41) is 0.608. The Hall–Kier alpha value is -1.47. The number of halogens is 1. The number of rotatable bonds is 2. The predicted octanol–water partition coefficient (Wildman–Crippen LogP) is 4.31. The van der Waals surface area contributed by atoms with Gasteiger partial charge in [0.05, 0.1) is 5.02 Å². The van der Waals surface area contributed by atoms with E-state index in [0.29, 0.717) is 10.8 Å². The summed E-state index contributed by atoms with van der Waals surface area (Å²) in [5.41, 5.74) is 0.960. The van der Waals surface area contributed by atoms with Crippen molar-refractivity contribution in [2.45, 2.75) is 0 Å². The van der Waals surface area contributed by atoms with Crippen molar-refractivity contribution in [1.29, 1.82) is 0 Å². The molecule has 0 fully saturated rings. The lowest BCUT2D eigenvalue weighted by Crippen LogP contribution is -1.84. The fraction of sp³-hybridized carbons (Fsp3) is 0. The van der Waals surface area contributed by atoms with Crippen LogP contribution in [0.3, 0.4) is 0 Å². The topological polar surface area (TPSA) is 9.23 Å². The van der Waals surface area contributed by atoms with Crippen molar-refractivity contribution in [1.82, 2.24) is 0 Å². The molecule has 0 heterocycles. The highest BCUT2D eigenvalue weighted by Crippen LogP contribution is 2.28. The van der Waals surface area contributed by atoms with E-state index < -0.39 is 0 Å². The van der Waals surface area contributed by atoms with E-state index in [0.717, 1.165) is 11.3 Å². The summed E-state index contributed by atoms with van der Waals surface area (Å²) in [5.74, 6) is 1.42. The zero-order valence-corrected chi connectivity index (χ0v) is 8.87. The van der Waals surface area contributed by atoms with Crippen molar-refractivity contribution in [3.8, 4) is 11.5 Å². The van der Waals surface area contributed by atoms with Crippen LogP contribution in [0.4, 0.5) is 0 Å². The molecule has 0 atom stereocenters. The fourth-order valence-corrected chi connectivity index (χ4v) is 1.39. The highest BCUT2D eigenvalue weighted by atomic mass is 35.5. The van der Waals surface area contributed by atoms with Gasteiger partial charge < -0.3 is 4.74 Å². The van der Waals surface area contributed by atoms with Gasteiger partial charge in [-0.05, 0) is 36.8 Å². The van der Waals surface area contributed by atoms with Crippen molar-refractivity contribution in [3.63, 3.8) is 0 Å². The molecule has 0 aliphatic heterocycles. The third-order valence-electron chi connectivity index (χ3n) is 1.99. The Kier molecular flexibility index (Phi) is 2.93. The van der Waals surface area contributed by atoms with Gasteiger partial charge in [-0.2, -0.15) is 0 Å². The van der Waals surface area contributed by atoms with E-state index in [1.807, 2.05) is 42.5 Å². The Balaban J connectivity index is 2.22. The Morgan fingerprint density at radius 1 is 0.933 bits per heavy atom. The van der Waals surface area contributed by atoms with Crippen molar-refractivity contribution < 1.29 is 4.74 Å². The van der Waals surface area contributed by atoms with Crippen LogP contribution in [0.25, 0.3) is 0 Å². The molecule has 0 N–H and O–H groups in total. The molecule has 0 spiro atoms. The highest BCUT2D eigenvalue weighted by Gasteiger charge is 2.00. The number of para-hydroxylation sites is 1. The third-order valence-corrected chi connectivity index (χ3v) is 2.30. The van der Waals surface area contributed by atoms with E-state index in [2.05, 4.69) is 6.92 Å². The van der Waals surface area contributed by atoms with Gasteiger partial charge in [-0.3, -0.25) is 0 Å². The lowest BCUT2D eigenvalue weighted by molar-refractivity contribution is 0.483. The Morgan fingerprint density at radius 2 is 1.60 bits per heavy atom. The van der Waals surface area contributed by atoms with Crippen molar-refractivity contribution in [2.24, 2.45) is 0 Å². The first-order valence-corrected chi connectivity index (χ1v) is 4.98. The van der Waals surface area contributed by atoms with E-state index in [1.165, 1.54) is 0 Å². The van der Waals surface area contributed by atoms with Crippen LogP contribution in [0.2, 0.25) is 5.02 Å². The van der Waals surface area contributed by atoms with E-state index in [9.17, 15) is 0 Å². The van der Waals surface area contributed by atoms with Crippen LogP contribution in [-0.2, 0) is 0 Å². The molecule has 2 rings (SSSR count). The van der Waals surface area contributed by atoms with E-state index in [1.54, 1.807) is 6.07 Å². The lowest BCUT2D eigenvalue weighted by atomic mass is 10.2. The quantitative estimate of drug-likeness (QED) is 0.728. The second-order valence-corrected chi connectivity index (χ2v) is 3.58. The van der Waals surface area contributed by atoms with Crippen LogP contribution in [0.5, 0.6) is 11.5 Å². The maximum Gasteiger partial charge on any atom is 0.146 e. The zero-order chi connectivity index (χ0) is 10.7. The van der Waals surface area contributed by atoms with Gasteiger partial charge in [0.25, 0.3) is 0 Å². The summed E-state index contributed by atoms with van der Waals surface area (Å²) in [6.45, 7) is 3.80. The molecule has 2 heteroatoms. The molecule has 2 aromatic carbocycles. The van der Waals surface area contributed by atoms with Crippen molar-refractivity contribution in [2.75, 3.05) is 0 Å². The maximum absolute atomic E-state index is 5.97. The molecule has 75 valence electrons. The zero-order valence-electron chi connectivity index (χ0n) is 8.11. The first-order valence-electron chi connectivity index (χ1n) is 4.60. The van der Waals surface area contributed by atoms with E-state index in [-0.39, 0.29) is 0 Å². The number of benzene rings is 2. The Bertz CT molecular complexity index is 448. The van der Waals surface area contributed by atoms with Crippen molar-refractivity contribution in [3.05, 3.63) is 66.0 Å². The molecule has 0 saturated heterocycles. The second-order valence-electron chi connectivity index (χ2n) is 3.18. The van der Waals surface area contributed by atoms with Crippen LogP contribution in [0.1, 0.15) is 5.56 Å². The van der Waals surface area contributed by atoms with Gasteiger partial charge in [-0.25, -0.2) is 0 Å². The van der Waals surface area contributed by atoms with Gasteiger partial charge >= 0.3 is 0 Å². The van der Waals surface area contributed by atoms with Crippen LogP contribution in [0, 0.1) is 6.92 Å². The first kappa shape index (κ1) is 10.1. The molecule has 1 nitrogen and oxygen atoms in total. The average molecular weight is 218 g/mol. The molecule has 0 aromatic heterocycles. The van der Waals surface area contributed by atoms with Gasteiger partial charge in [0, 0.05) is 0 Å². The van der Waals surface area contributed by atoms with Crippen LogP contribution in [0.15, 0.2) is 48.5 Å². The molecule has 0 amide bonds. The van der Waals surface area contributed by atoms with Crippen LogP contribution < -0.4 is 4.74 Å². The van der Waals surface area contributed by atoms with Gasteiger partial charge in [0.2, 0.25) is 0 Å². The molecule has 0 saturated carbocycles. The average Bonchev–Trinajstić information content (AvgIpc) is 2.25. The normalized spacial score (nSPS) is 10.0. The van der Waals surface area contributed by atoms with Gasteiger partial charge in [0.1, 0.15) is 11.5 Å². The SMILES string of the molecule is [CH2]c1ccc(Oc2ccccc2Cl)cc1. The number of ether oxygens (including phenoxy) is 1. The summed E-state index contributed by atoms with van der Waals surface area (Å²) >= 11 is 5.97. The molecule has 1 radical (unpaired) electrons. The lowest BCUT2D eigenvalue weighted by Gasteiger charge is -2.06. The minimum absolute atomic E-state index is 0.608. The summed E-state index contributed by atoms with van der Waals surface area (Å²) in [7, 11) is 0. The van der Waals surface area contributed by atoms with Crippen LogP contribution >= 0.6 is 11.6 Å². The molecular formula is C13H10ClO. The molecule has 0 bridgehead atoms. The van der Waals surface area contributed by atoms with Gasteiger partial charge in [0.15, 0.2) is 0 Å². The van der Waals surface area contributed by atoms with Gasteiger partial charge in [-0.1, -0.05) is 35.9 Å². The Labute approximate surface area is 94.3 Å². The third kappa shape index (κ3) is 2.51. The second kappa shape index (κ2) is 4.37. The van der Waals surface area contributed by atoms with Crippen molar-refractivity contribution >= 4 is 11.6 Å². The number of hydrogen-bond donors (Lipinski definition) is 0.